The number of thioether (sulfide) groups is 1. The van der Waals surface area contributed by atoms with E-state index in [4.69, 9.17) is 9.79 Å². The molecule has 1 aromatic heterocycles. The average molecular weight is 237 g/mol. The molecule has 0 bridgehead atoms. The van der Waals surface area contributed by atoms with Gasteiger partial charge in [-0.2, -0.15) is 0 Å². The van der Waals surface area contributed by atoms with Crippen molar-refractivity contribution in [3.8, 4) is 0 Å². The highest BCUT2D eigenvalue weighted by Gasteiger charge is 2.11. The zero-order valence-electron chi connectivity index (χ0n) is 7.70. The van der Waals surface area contributed by atoms with Crippen LogP contribution in [-0.2, 0) is 11.6 Å². The average Bonchev–Trinajstić information content (AvgIpc) is 2.44. The highest BCUT2D eigenvalue weighted by molar-refractivity contribution is 7.99. The third-order valence-corrected chi connectivity index (χ3v) is 3.24. The lowest BCUT2D eigenvalue weighted by atomic mass is 10.6. The summed E-state index contributed by atoms with van der Waals surface area (Å²) in [7, 11) is -2.07. The highest BCUT2D eigenvalue weighted by Crippen LogP contribution is 2.35. The van der Waals surface area contributed by atoms with Crippen molar-refractivity contribution >= 4 is 19.4 Å². The van der Waals surface area contributed by atoms with E-state index in [1.165, 1.54) is 11.8 Å². The molecule has 6 nitrogen and oxygen atoms in total. The van der Waals surface area contributed by atoms with E-state index in [1.54, 1.807) is 18.1 Å². The summed E-state index contributed by atoms with van der Waals surface area (Å²) in [6, 6.07) is 0. The van der Waals surface area contributed by atoms with Gasteiger partial charge in [-0.3, -0.25) is 9.25 Å². The summed E-state index contributed by atoms with van der Waals surface area (Å²) in [6.45, 7) is 0. The molecule has 0 aliphatic carbocycles. The first-order valence-electron chi connectivity index (χ1n) is 4.00. The predicted molar refractivity (Wildman–Crippen MR) is 53.3 cm³/mol. The van der Waals surface area contributed by atoms with Crippen molar-refractivity contribution in [1.29, 1.82) is 0 Å². The minimum atomic E-state index is -3.84. The number of hydrogen-bond acceptors (Lipinski definition) is 4. The summed E-state index contributed by atoms with van der Waals surface area (Å²) >= 11 is 1.40. The van der Waals surface area contributed by atoms with Crippen LogP contribution in [0.15, 0.2) is 11.5 Å². The Balaban J connectivity index is 2.19. The van der Waals surface area contributed by atoms with Gasteiger partial charge in [0.1, 0.15) is 6.33 Å². The van der Waals surface area contributed by atoms with Crippen molar-refractivity contribution in [3.05, 3.63) is 6.33 Å². The van der Waals surface area contributed by atoms with Gasteiger partial charge in [0.25, 0.3) is 0 Å². The smallest absolute Gasteiger partial charge is 0.324 e. The van der Waals surface area contributed by atoms with Crippen LogP contribution < -0.4 is 0 Å². The minimum absolute atomic E-state index is 0.0766. The van der Waals surface area contributed by atoms with Gasteiger partial charge in [-0.15, -0.1) is 5.10 Å². The van der Waals surface area contributed by atoms with Gasteiger partial charge in [0.2, 0.25) is 5.16 Å². The first-order valence-corrected chi connectivity index (χ1v) is 6.79. The van der Waals surface area contributed by atoms with Gasteiger partial charge in [0.05, 0.1) is 6.16 Å². The second-order valence-corrected chi connectivity index (χ2v) is 5.63. The summed E-state index contributed by atoms with van der Waals surface area (Å²) in [5.41, 5.74) is 0. The molecule has 8 heteroatoms. The first kappa shape index (κ1) is 11.7. The topological polar surface area (TPSA) is 88.2 Å². The maximum Gasteiger partial charge on any atom is 0.325 e. The van der Waals surface area contributed by atoms with Crippen molar-refractivity contribution in [2.75, 3.05) is 11.9 Å². The molecule has 0 atom stereocenters. The van der Waals surface area contributed by atoms with Gasteiger partial charge < -0.3 is 9.79 Å². The van der Waals surface area contributed by atoms with Crippen LogP contribution in [0.2, 0.25) is 0 Å². The Morgan fingerprint density at radius 3 is 2.86 bits per heavy atom. The van der Waals surface area contributed by atoms with Crippen molar-refractivity contribution in [2.24, 2.45) is 7.05 Å². The molecule has 14 heavy (non-hydrogen) atoms. The van der Waals surface area contributed by atoms with E-state index in [-0.39, 0.29) is 6.16 Å². The lowest BCUT2D eigenvalue weighted by Gasteiger charge is -2.01. The largest absolute Gasteiger partial charge is 0.325 e. The normalized spacial score (nSPS) is 11.9. The molecule has 1 rings (SSSR count). The van der Waals surface area contributed by atoms with Crippen molar-refractivity contribution < 1.29 is 14.4 Å². The third-order valence-electron chi connectivity index (χ3n) is 1.40. The Morgan fingerprint density at radius 1 is 1.64 bits per heavy atom. The molecule has 1 aromatic rings. The Hall–Kier alpha value is -0.360. The molecule has 80 valence electrons. The molecule has 0 radical (unpaired) electrons. The molecule has 1 heterocycles. The van der Waals surface area contributed by atoms with E-state index < -0.39 is 7.60 Å². The monoisotopic (exact) mass is 237 g/mol. The zero-order valence-corrected chi connectivity index (χ0v) is 9.41. The summed E-state index contributed by atoms with van der Waals surface area (Å²) in [5.74, 6) is 0.620. The van der Waals surface area contributed by atoms with E-state index in [1.807, 2.05) is 0 Å². The molecule has 0 aliphatic heterocycles. The van der Waals surface area contributed by atoms with Crippen LogP contribution in [0.4, 0.5) is 0 Å². The summed E-state index contributed by atoms with van der Waals surface area (Å²) in [6.07, 6.45) is 1.98. The van der Waals surface area contributed by atoms with Crippen molar-refractivity contribution in [2.45, 2.75) is 11.6 Å². The second-order valence-electron chi connectivity index (χ2n) is 2.79. The molecule has 0 spiro atoms. The molecular formula is C6H12N3O3PS. The van der Waals surface area contributed by atoms with Crippen molar-refractivity contribution in [3.63, 3.8) is 0 Å². The molecule has 0 saturated heterocycles. The maximum atomic E-state index is 10.5. The highest BCUT2D eigenvalue weighted by atomic mass is 32.2. The van der Waals surface area contributed by atoms with Gasteiger partial charge in [0.15, 0.2) is 0 Å². The Kier molecular flexibility index (Phi) is 4.12. The minimum Gasteiger partial charge on any atom is -0.324 e. The second kappa shape index (κ2) is 4.93. The molecule has 0 aromatic carbocycles. The van der Waals surface area contributed by atoms with Gasteiger partial charge in [-0.1, -0.05) is 11.8 Å². The van der Waals surface area contributed by atoms with Gasteiger partial charge in [-0.05, 0) is 6.42 Å². The first-order chi connectivity index (χ1) is 6.47. The van der Waals surface area contributed by atoms with E-state index in [0.29, 0.717) is 17.3 Å². The number of aryl methyl sites for hydroxylation is 1. The summed E-state index contributed by atoms with van der Waals surface area (Å²) < 4.78 is 12.1. The molecule has 0 aliphatic rings. The molecule has 0 amide bonds. The van der Waals surface area contributed by atoms with Crippen LogP contribution >= 0.6 is 19.4 Å². The van der Waals surface area contributed by atoms with Crippen LogP contribution in [0.1, 0.15) is 6.42 Å². The van der Waals surface area contributed by atoms with E-state index in [0.717, 1.165) is 0 Å². The Morgan fingerprint density at radius 2 is 2.36 bits per heavy atom. The lowest BCUT2D eigenvalue weighted by molar-refractivity contribution is 0.372. The fourth-order valence-electron chi connectivity index (χ4n) is 0.820. The Labute approximate surface area is 85.9 Å². The zero-order chi connectivity index (χ0) is 10.6. The predicted octanol–water partition coefficient (Wildman–Crippen LogP) is 0.475. The number of rotatable bonds is 5. The molecule has 0 saturated carbocycles. The van der Waals surface area contributed by atoms with E-state index in [9.17, 15) is 4.57 Å². The summed E-state index contributed by atoms with van der Waals surface area (Å²) in [5, 5.41) is 4.66. The molecule has 2 N–H and O–H groups in total. The van der Waals surface area contributed by atoms with Crippen molar-refractivity contribution in [1.82, 2.24) is 14.8 Å². The van der Waals surface area contributed by atoms with Gasteiger partial charge >= 0.3 is 7.60 Å². The maximum absolute atomic E-state index is 10.5. The van der Waals surface area contributed by atoms with Crippen LogP contribution in [-0.4, -0.2) is 36.5 Å². The molecule has 0 fully saturated rings. The number of hydrogen-bond donors (Lipinski definition) is 2. The van der Waals surface area contributed by atoms with Crippen LogP contribution in [0, 0.1) is 0 Å². The van der Waals surface area contributed by atoms with Crippen LogP contribution in [0.5, 0.6) is 0 Å². The van der Waals surface area contributed by atoms with E-state index >= 15 is 0 Å². The molecule has 0 unspecified atom stereocenters. The summed E-state index contributed by atoms with van der Waals surface area (Å²) in [4.78, 5) is 21.1. The van der Waals surface area contributed by atoms with Crippen LogP contribution in [0.3, 0.4) is 0 Å². The SMILES string of the molecule is Cn1cnc(SCCCP(=O)(O)O)n1. The fraction of sp³-hybridized carbons (Fsp3) is 0.667. The number of aromatic nitrogens is 3. The third kappa shape index (κ3) is 4.76. The standard InChI is InChI=1S/C6H12N3O3PS/c1-9-5-7-6(8-9)14-4-2-3-13(10,11)12/h5H,2-4H2,1H3,(H2,10,11,12). The van der Waals surface area contributed by atoms with E-state index in [2.05, 4.69) is 10.1 Å². The number of nitrogens with zero attached hydrogens (tertiary/aromatic N) is 3. The van der Waals surface area contributed by atoms with Gasteiger partial charge in [-0.25, -0.2) is 4.98 Å². The van der Waals surface area contributed by atoms with Crippen LogP contribution in [0.25, 0.3) is 0 Å². The fourth-order valence-corrected chi connectivity index (χ4v) is 2.38. The molecular weight excluding hydrogens is 225 g/mol. The van der Waals surface area contributed by atoms with Gasteiger partial charge in [0, 0.05) is 12.8 Å². The Bertz CT molecular complexity index is 337. The lowest BCUT2D eigenvalue weighted by Crippen LogP contribution is -1.91. The quantitative estimate of drug-likeness (QED) is 0.440.